The summed E-state index contributed by atoms with van der Waals surface area (Å²) in [5.41, 5.74) is 3.66. The molecule has 0 saturated heterocycles. The van der Waals surface area contributed by atoms with Crippen molar-refractivity contribution in [3.05, 3.63) is 104 Å². The monoisotopic (exact) mass is 486 g/mol. The van der Waals surface area contributed by atoms with Gasteiger partial charge in [-0.25, -0.2) is 0 Å². The molecule has 30 heavy (non-hydrogen) atoms. The molecule has 0 fully saturated rings. The van der Waals surface area contributed by atoms with Crippen LogP contribution in [0.2, 0.25) is 0 Å². The van der Waals surface area contributed by atoms with Crippen LogP contribution in [0.5, 0.6) is 0 Å². The second-order valence-electron chi connectivity index (χ2n) is 4.94. The summed E-state index contributed by atoms with van der Waals surface area (Å²) >= 11 is 0. The first-order chi connectivity index (χ1) is 14.3. The first-order valence-corrected chi connectivity index (χ1v) is 8.19. The first-order valence-electron chi connectivity index (χ1n) is 8.19. The van der Waals surface area contributed by atoms with E-state index in [1.54, 1.807) is 24.8 Å². The topological polar surface area (TPSA) is 106 Å². The summed E-state index contributed by atoms with van der Waals surface area (Å²) in [4.78, 5) is 33.0. The first kappa shape index (κ1) is 26.3. The van der Waals surface area contributed by atoms with Crippen molar-refractivity contribution in [1.82, 2.24) is 19.9 Å². The van der Waals surface area contributed by atoms with Gasteiger partial charge in [0.15, 0.2) is 0 Å². The van der Waals surface area contributed by atoms with Gasteiger partial charge in [0.05, 0.1) is 22.8 Å². The molecule has 0 bridgehead atoms. The van der Waals surface area contributed by atoms with E-state index in [1.165, 1.54) is 0 Å². The molecule has 4 heterocycles. The Bertz CT molecular complexity index is 831. The fourth-order valence-electron chi connectivity index (χ4n) is 2.06. The second-order valence-corrected chi connectivity index (χ2v) is 4.94. The van der Waals surface area contributed by atoms with Crippen LogP contribution in [0, 0.1) is 6.65 Å². The van der Waals surface area contributed by atoms with Gasteiger partial charge in [-0.3, -0.25) is 19.9 Å². The van der Waals surface area contributed by atoms with Gasteiger partial charge in [-0.1, -0.05) is 24.3 Å². The summed E-state index contributed by atoms with van der Waals surface area (Å²) in [6.07, 6.45) is 7.32. The minimum atomic E-state index is 0. The smallest absolute Gasteiger partial charge is 0.0886 e. The van der Waals surface area contributed by atoms with Gasteiger partial charge < -0.3 is 0 Å². The molecule has 0 amide bonds. The van der Waals surface area contributed by atoms with Crippen molar-refractivity contribution in [3.8, 4) is 22.8 Å². The molecule has 4 rings (SSSR count). The SMILES string of the molecule is O=C=O.[C-]#[O+].[Ru].c1ccc(-c2ccccn2)nc1.c1ccc(-c2ccccn2)nc1. The van der Waals surface area contributed by atoms with Crippen LogP contribution in [-0.2, 0) is 33.7 Å². The maximum Gasteiger partial charge on any atom is 0.0886 e. The summed E-state index contributed by atoms with van der Waals surface area (Å²) in [6, 6.07) is 23.2. The van der Waals surface area contributed by atoms with Crippen molar-refractivity contribution in [2.24, 2.45) is 0 Å². The normalized spacial score (nSPS) is 8.07. The van der Waals surface area contributed by atoms with Gasteiger partial charge >= 0.3 is 17.5 Å². The molecule has 0 spiro atoms. The summed E-state index contributed by atoms with van der Waals surface area (Å²) in [5, 5.41) is 0. The molecular weight excluding hydrogens is 469 g/mol. The van der Waals surface area contributed by atoms with Gasteiger partial charge in [-0.15, -0.1) is 0 Å². The number of rotatable bonds is 2. The predicted octanol–water partition coefficient (Wildman–Crippen LogP) is 3.66. The maximum atomic E-state index is 8.12. The van der Waals surface area contributed by atoms with E-state index in [0.717, 1.165) is 22.8 Å². The zero-order chi connectivity index (χ0) is 21.2. The third-order valence-electron chi connectivity index (χ3n) is 3.18. The summed E-state index contributed by atoms with van der Waals surface area (Å²) in [5.74, 6) is 0. The zero-order valence-electron chi connectivity index (χ0n) is 15.6. The van der Waals surface area contributed by atoms with Crippen molar-refractivity contribution in [3.63, 3.8) is 0 Å². The molecule has 0 saturated carbocycles. The van der Waals surface area contributed by atoms with E-state index < -0.39 is 0 Å². The third-order valence-corrected chi connectivity index (χ3v) is 3.18. The number of carbonyl (C=O) groups excluding carboxylic acids is 2. The molecule has 0 aliphatic rings. The molecule has 0 unspecified atom stereocenters. The van der Waals surface area contributed by atoms with Crippen LogP contribution in [0.25, 0.3) is 22.8 Å². The Hall–Kier alpha value is -3.66. The molecule has 0 atom stereocenters. The summed E-state index contributed by atoms with van der Waals surface area (Å²) in [6.45, 7) is 4.50. The minimum absolute atomic E-state index is 0. The standard InChI is InChI=1S/2C10H8N2.CO2.CO.Ru/c2*1-3-7-11-9(5-1)10-6-2-4-8-12-10;2-1-3;1-2;/h2*1-8H;;;. The Morgan fingerprint density at radius 3 is 0.867 bits per heavy atom. The van der Waals surface area contributed by atoms with Crippen LogP contribution in [-0.4, -0.2) is 26.1 Å². The van der Waals surface area contributed by atoms with E-state index in [4.69, 9.17) is 14.2 Å². The van der Waals surface area contributed by atoms with E-state index in [2.05, 4.69) is 26.6 Å². The molecule has 0 aliphatic carbocycles. The summed E-state index contributed by atoms with van der Waals surface area (Å²) in [7, 11) is 0. The third kappa shape index (κ3) is 10.0. The number of hydrogen-bond acceptors (Lipinski definition) is 6. The van der Waals surface area contributed by atoms with Crippen molar-refractivity contribution in [2.45, 2.75) is 0 Å². The van der Waals surface area contributed by atoms with Crippen LogP contribution in [0.4, 0.5) is 0 Å². The molecule has 0 radical (unpaired) electrons. The van der Waals surface area contributed by atoms with Gasteiger partial charge in [0.25, 0.3) is 0 Å². The van der Waals surface area contributed by atoms with Gasteiger partial charge in [0.1, 0.15) is 0 Å². The Kier molecular flexibility index (Phi) is 15.3. The van der Waals surface area contributed by atoms with Crippen LogP contribution in [0.1, 0.15) is 0 Å². The number of aromatic nitrogens is 4. The zero-order valence-corrected chi connectivity index (χ0v) is 17.3. The Morgan fingerprint density at radius 1 is 0.533 bits per heavy atom. The fraction of sp³-hybridized carbons (Fsp3) is 0. The molecule has 7 nitrogen and oxygen atoms in total. The Balaban J connectivity index is 0.000000451. The van der Waals surface area contributed by atoms with E-state index in [9.17, 15) is 0 Å². The Morgan fingerprint density at radius 2 is 0.733 bits per heavy atom. The molecule has 8 heteroatoms. The number of nitrogens with zero attached hydrogens (tertiary/aromatic N) is 4. The van der Waals surface area contributed by atoms with Gasteiger partial charge in [-0.2, -0.15) is 9.59 Å². The van der Waals surface area contributed by atoms with Crippen LogP contribution < -0.4 is 0 Å². The van der Waals surface area contributed by atoms with E-state index in [0.29, 0.717) is 0 Å². The number of hydrogen-bond donors (Lipinski definition) is 0. The molecule has 150 valence electrons. The van der Waals surface area contributed by atoms with Gasteiger partial charge in [0.2, 0.25) is 0 Å². The van der Waals surface area contributed by atoms with Crippen molar-refractivity contribution in [2.75, 3.05) is 0 Å². The molecular formula is C22H16N4O3Ru. The van der Waals surface area contributed by atoms with E-state index in [-0.39, 0.29) is 25.6 Å². The average molecular weight is 485 g/mol. The van der Waals surface area contributed by atoms with Crippen LogP contribution >= 0.6 is 0 Å². The van der Waals surface area contributed by atoms with Crippen LogP contribution in [0.15, 0.2) is 97.6 Å². The van der Waals surface area contributed by atoms with Crippen molar-refractivity contribution >= 4 is 6.15 Å². The number of pyridine rings is 4. The predicted molar refractivity (Wildman–Crippen MR) is 104 cm³/mol. The molecule has 4 aromatic rings. The average Bonchev–Trinajstić information content (AvgIpc) is 2.84. The molecule has 0 N–H and O–H groups in total. The minimum Gasteiger partial charge on any atom is -0.255 e. The maximum absolute atomic E-state index is 8.12. The van der Waals surface area contributed by atoms with E-state index in [1.807, 2.05) is 72.8 Å². The van der Waals surface area contributed by atoms with Gasteiger partial charge in [-0.05, 0) is 48.5 Å². The second kappa shape index (κ2) is 17.4. The van der Waals surface area contributed by atoms with E-state index >= 15 is 0 Å². The Labute approximate surface area is 186 Å². The van der Waals surface area contributed by atoms with Crippen molar-refractivity contribution < 1.29 is 33.7 Å². The summed E-state index contributed by atoms with van der Waals surface area (Å²) < 4.78 is 7.50. The molecule has 4 aromatic heterocycles. The largest absolute Gasteiger partial charge is 0.255 e. The van der Waals surface area contributed by atoms with Crippen LogP contribution in [0.3, 0.4) is 0 Å². The van der Waals surface area contributed by atoms with Gasteiger partial charge in [0, 0.05) is 44.3 Å². The molecule has 0 aromatic carbocycles. The fourth-order valence-corrected chi connectivity index (χ4v) is 2.06. The quantitative estimate of drug-likeness (QED) is 0.244. The van der Waals surface area contributed by atoms with Crippen molar-refractivity contribution in [1.29, 1.82) is 0 Å². The molecule has 0 aliphatic heterocycles.